The molecule has 0 aliphatic carbocycles. The fourth-order valence-electron chi connectivity index (χ4n) is 1.19. The van der Waals surface area contributed by atoms with Crippen molar-refractivity contribution >= 4 is 23.0 Å². The molecule has 2 heterocycles. The fourth-order valence-corrected chi connectivity index (χ4v) is 1.73. The van der Waals surface area contributed by atoms with Gasteiger partial charge in [-0.25, -0.2) is 11.3 Å². The molecule has 107 valence electrons. The standard InChI is InChI=1S/C7H7N2OS.C5H8O2.Ir/c1-2-9-7(10-3-1)6-4-8-5-11-6;1-4(6)3-5(2)7;/h5H,1-3H2;3,6H,1-2H3;/q-1;;/p+1/b;4-3-;. The van der Waals surface area contributed by atoms with Crippen LogP contribution in [0.5, 0.6) is 0 Å². The number of nitrogens with zero attached hydrogens (tertiary/aromatic N) is 2. The molecule has 0 bridgehead atoms. The number of thiazole rings is 1. The van der Waals surface area contributed by atoms with Crippen molar-refractivity contribution in [3.8, 4) is 0 Å². The smallest absolute Gasteiger partial charge is 0.316 e. The third-order valence-electron chi connectivity index (χ3n) is 1.80. The SMILES string of the molecule is CC(=[OH+])/C=C(/C)O.[Ir].[c-]1ncsc1C1=NCCCO1. The van der Waals surface area contributed by atoms with E-state index >= 15 is 0 Å². The normalized spacial score (nSPS) is 14.2. The number of rotatable bonds is 2. The molecule has 2 N–H and O–H groups in total. The Balaban J connectivity index is 0.000000360. The summed E-state index contributed by atoms with van der Waals surface area (Å²) >= 11 is 1.51. The summed E-state index contributed by atoms with van der Waals surface area (Å²) in [5.74, 6) is 0.957. The Morgan fingerprint density at radius 2 is 2.32 bits per heavy atom. The van der Waals surface area contributed by atoms with Crippen molar-refractivity contribution in [1.82, 2.24) is 4.98 Å². The van der Waals surface area contributed by atoms with Gasteiger partial charge in [0.2, 0.25) is 0 Å². The summed E-state index contributed by atoms with van der Waals surface area (Å²) in [6, 6.07) is 0. The van der Waals surface area contributed by atoms with E-state index in [1.807, 2.05) is 0 Å². The first-order valence-corrected chi connectivity index (χ1v) is 6.36. The molecule has 0 saturated heterocycles. The monoisotopic (exact) mass is 461 g/mol. The number of allylic oxidation sites excluding steroid dienone is 2. The second-order valence-electron chi connectivity index (χ2n) is 3.61. The van der Waals surface area contributed by atoms with Crippen molar-refractivity contribution in [1.29, 1.82) is 0 Å². The summed E-state index contributed by atoms with van der Waals surface area (Å²) in [6.07, 6.45) is 5.11. The number of aliphatic hydroxyl groups excluding tert-OH is 1. The van der Waals surface area contributed by atoms with Crippen molar-refractivity contribution in [2.45, 2.75) is 20.3 Å². The van der Waals surface area contributed by atoms with Gasteiger partial charge >= 0.3 is 5.78 Å². The van der Waals surface area contributed by atoms with E-state index in [9.17, 15) is 0 Å². The van der Waals surface area contributed by atoms with Crippen LogP contribution in [0.15, 0.2) is 22.3 Å². The van der Waals surface area contributed by atoms with Gasteiger partial charge in [-0.15, -0.1) is 0 Å². The molecule has 7 heteroatoms. The molecule has 19 heavy (non-hydrogen) atoms. The molecular weight excluding hydrogens is 444 g/mol. The van der Waals surface area contributed by atoms with Gasteiger partial charge < -0.3 is 19.8 Å². The zero-order chi connectivity index (χ0) is 13.4. The number of ether oxygens (including phenoxy) is 1. The van der Waals surface area contributed by atoms with Gasteiger partial charge in [-0.2, -0.15) is 0 Å². The van der Waals surface area contributed by atoms with E-state index in [0.29, 0.717) is 5.90 Å². The molecule has 5 nitrogen and oxygen atoms in total. The summed E-state index contributed by atoms with van der Waals surface area (Å²) in [5, 5.41) is 8.40. The number of carbonyl (C=O) groups excluding carboxylic acids is 1. The minimum atomic E-state index is 0. The molecule has 1 radical (unpaired) electrons. The molecule has 2 rings (SSSR count). The third-order valence-corrected chi connectivity index (χ3v) is 2.51. The number of hydrogen-bond acceptors (Lipinski definition) is 5. The average molecular weight is 461 g/mol. The molecule has 1 aliphatic heterocycles. The van der Waals surface area contributed by atoms with Gasteiger partial charge in [0, 0.05) is 26.7 Å². The molecular formula is C12H16IrN2O3S. The van der Waals surface area contributed by atoms with Crippen LogP contribution in [0.1, 0.15) is 25.1 Å². The number of ketones is 1. The Hall–Kier alpha value is -1.04. The molecule has 1 aliphatic rings. The Bertz CT molecular complexity index is 440. The van der Waals surface area contributed by atoms with E-state index in [2.05, 4.69) is 16.2 Å². The Labute approximate surface area is 129 Å². The molecule has 0 amide bonds. The van der Waals surface area contributed by atoms with Gasteiger partial charge in [0.25, 0.3) is 0 Å². The van der Waals surface area contributed by atoms with Crippen LogP contribution in [0.4, 0.5) is 0 Å². The van der Waals surface area contributed by atoms with Gasteiger partial charge in [-0.1, -0.05) is 6.20 Å². The van der Waals surface area contributed by atoms with Crippen molar-refractivity contribution < 1.29 is 34.7 Å². The molecule has 0 spiro atoms. The predicted octanol–water partition coefficient (Wildman–Crippen LogP) is 2.12. The van der Waals surface area contributed by atoms with Crippen molar-refractivity contribution in [2.75, 3.05) is 13.2 Å². The minimum Gasteiger partial charge on any atom is -0.533 e. The second-order valence-corrected chi connectivity index (χ2v) is 4.46. The maximum absolute atomic E-state index is 8.40. The van der Waals surface area contributed by atoms with Gasteiger partial charge in [-0.05, 0) is 23.7 Å². The second kappa shape index (κ2) is 9.83. The summed E-state index contributed by atoms with van der Waals surface area (Å²) in [4.78, 5) is 17.3. The molecule has 0 aromatic carbocycles. The Morgan fingerprint density at radius 3 is 2.68 bits per heavy atom. The minimum absolute atomic E-state index is 0. The summed E-state index contributed by atoms with van der Waals surface area (Å²) in [7, 11) is 0. The first-order chi connectivity index (χ1) is 8.59. The van der Waals surface area contributed by atoms with Gasteiger partial charge in [0.05, 0.1) is 25.4 Å². The quantitative estimate of drug-likeness (QED) is 0.318. The van der Waals surface area contributed by atoms with Crippen LogP contribution in [-0.2, 0) is 24.8 Å². The van der Waals surface area contributed by atoms with Crippen LogP contribution in [0, 0.1) is 6.20 Å². The van der Waals surface area contributed by atoms with E-state index in [-0.39, 0.29) is 31.6 Å². The molecule has 0 fully saturated rings. The fraction of sp³-hybridized carbons (Fsp3) is 0.417. The summed E-state index contributed by atoms with van der Waals surface area (Å²) in [6.45, 7) is 4.63. The molecule has 0 unspecified atom stereocenters. The van der Waals surface area contributed by atoms with Gasteiger partial charge in [0.15, 0.2) is 0 Å². The molecule has 0 saturated carbocycles. The van der Waals surface area contributed by atoms with E-state index in [1.165, 1.54) is 31.3 Å². The van der Waals surface area contributed by atoms with Crippen LogP contribution in [0.25, 0.3) is 0 Å². The van der Waals surface area contributed by atoms with E-state index in [0.717, 1.165) is 24.4 Å². The topological polar surface area (TPSA) is 76.1 Å². The van der Waals surface area contributed by atoms with Crippen molar-refractivity contribution in [3.05, 3.63) is 28.4 Å². The zero-order valence-corrected chi connectivity index (χ0v) is 13.9. The molecule has 1 aromatic heterocycles. The number of aliphatic imine (C=N–C) groups is 1. The number of aliphatic hydroxyl groups is 1. The van der Waals surface area contributed by atoms with Crippen LogP contribution in [0.3, 0.4) is 0 Å². The zero-order valence-electron chi connectivity index (χ0n) is 10.7. The third kappa shape index (κ3) is 7.87. The Kier molecular flexibility index (Phi) is 9.29. The molecule has 0 atom stereocenters. The maximum Gasteiger partial charge on any atom is 0.316 e. The molecule has 1 aromatic rings. The van der Waals surface area contributed by atoms with E-state index < -0.39 is 0 Å². The van der Waals surface area contributed by atoms with Crippen LogP contribution in [-0.4, -0.2) is 39.7 Å². The maximum atomic E-state index is 8.40. The first kappa shape index (κ1) is 18.0. The van der Waals surface area contributed by atoms with Crippen LogP contribution in [0.2, 0.25) is 0 Å². The number of aromatic nitrogens is 1. The average Bonchev–Trinajstić information content (AvgIpc) is 2.82. The Morgan fingerprint density at radius 1 is 1.58 bits per heavy atom. The largest absolute Gasteiger partial charge is 0.533 e. The van der Waals surface area contributed by atoms with Crippen LogP contribution < -0.4 is 0 Å². The summed E-state index contributed by atoms with van der Waals surface area (Å²) < 4.78 is 5.31. The van der Waals surface area contributed by atoms with Crippen LogP contribution >= 0.6 is 11.3 Å². The number of hydrogen-bond donors (Lipinski definition) is 1. The van der Waals surface area contributed by atoms with Gasteiger partial charge in [-0.3, -0.25) is 4.79 Å². The first-order valence-electron chi connectivity index (χ1n) is 5.48. The van der Waals surface area contributed by atoms with Crippen molar-refractivity contribution in [3.63, 3.8) is 0 Å². The van der Waals surface area contributed by atoms with E-state index in [4.69, 9.17) is 14.6 Å². The summed E-state index contributed by atoms with van der Waals surface area (Å²) in [5.41, 5.74) is 1.73. The van der Waals surface area contributed by atoms with E-state index in [1.54, 1.807) is 5.51 Å². The van der Waals surface area contributed by atoms with Gasteiger partial charge in [0.1, 0.15) is 5.90 Å². The van der Waals surface area contributed by atoms with Crippen molar-refractivity contribution in [2.24, 2.45) is 4.99 Å². The predicted molar refractivity (Wildman–Crippen MR) is 71.9 cm³/mol.